The Morgan fingerprint density at radius 2 is 2.18 bits per heavy atom. The van der Waals surface area contributed by atoms with Crippen LogP contribution in [0.5, 0.6) is 0 Å². The third kappa shape index (κ3) is 1.32. The summed E-state index contributed by atoms with van der Waals surface area (Å²) in [4.78, 5) is 0. The largest absolute Gasteiger partial charge is 0.241 e. The van der Waals surface area contributed by atoms with Gasteiger partial charge in [-0.3, -0.25) is 0 Å². The lowest BCUT2D eigenvalue weighted by Gasteiger charge is -2.52. The van der Waals surface area contributed by atoms with Gasteiger partial charge in [0.2, 0.25) is 0 Å². The summed E-state index contributed by atoms with van der Waals surface area (Å²) in [6.45, 7) is 3.73. The number of halogens is 1. The SMILES string of the molecule is C[C@@H]1CCN(I)C2(CCC2)C1. The molecule has 1 saturated heterocycles. The molecule has 1 nitrogen and oxygen atoms in total. The summed E-state index contributed by atoms with van der Waals surface area (Å²) < 4.78 is 2.58. The fraction of sp³-hybridized carbons (Fsp3) is 1.00. The molecule has 1 saturated carbocycles. The van der Waals surface area contributed by atoms with Crippen LogP contribution in [0.4, 0.5) is 0 Å². The van der Waals surface area contributed by atoms with Gasteiger partial charge in [0, 0.05) is 34.9 Å². The minimum Gasteiger partial charge on any atom is -0.241 e. The Balaban J connectivity index is 2.04. The number of hydrogen-bond acceptors (Lipinski definition) is 1. The second kappa shape index (κ2) is 2.87. The van der Waals surface area contributed by atoms with Crippen molar-refractivity contribution in [2.75, 3.05) is 6.54 Å². The fourth-order valence-electron chi connectivity index (χ4n) is 2.45. The van der Waals surface area contributed by atoms with Crippen LogP contribution in [0.1, 0.15) is 39.0 Å². The Morgan fingerprint density at radius 1 is 1.45 bits per heavy atom. The Morgan fingerprint density at radius 3 is 2.64 bits per heavy atom. The number of hydrogen-bond donors (Lipinski definition) is 0. The summed E-state index contributed by atoms with van der Waals surface area (Å²) in [7, 11) is 0. The molecule has 0 radical (unpaired) electrons. The smallest absolute Gasteiger partial charge is 0.0307 e. The van der Waals surface area contributed by atoms with Crippen molar-refractivity contribution in [3.05, 3.63) is 0 Å². The number of nitrogens with zero attached hydrogens (tertiary/aromatic N) is 1. The summed E-state index contributed by atoms with van der Waals surface area (Å²) in [6.07, 6.45) is 7.24. The topological polar surface area (TPSA) is 3.24 Å². The molecule has 11 heavy (non-hydrogen) atoms. The standard InChI is InChI=1S/C9H16IN/c1-8-3-6-11(10)9(7-8)4-2-5-9/h8H,2-7H2,1H3/t8-/m1/s1. The van der Waals surface area contributed by atoms with Crippen molar-refractivity contribution < 1.29 is 0 Å². The quantitative estimate of drug-likeness (QED) is 0.480. The van der Waals surface area contributed by atoms with Crippen LogP contribution < -0.4 is 0 Å². The van der Waals surface area contributed by atoms with Crippen molar-refractivity contribution >= 4 is 22.9 Å². The van der Waals surface area contributed by atoms with Gasteiger partial charge in [-0.25, -0.2) is 3.11 Å². The molecular formula is C9H16IN. The molecule has 64 valence electrons. The maximum absolute atomic E-state index is 2.58. The molecule has 0 aromatic heterocycles. The molecule has 1 atom stereocenters. The molecule has 0 unspecified atom stereocenters. The lowest BCUT2D eigenvalue weighted by molar-refractivity contribution is 0.0492. The zero-order valence-corrected chi connectivity index (χ0v) is 9.30. The molecule has 0 aromatic carbocycles. The molecule has 1 aliphatic heterocycles. The minimum absolute atomic E-state index is 0.651. The van der Waals surface area contributed by atoms with E-state index in [4.69, 9.17) is 0 Å². The number of piperidine rings is 1. The van der Waals surface area contributed by atoms with Gasteiger partial charge in [-0.1, -0.05) is 6.92 Å². The molecule has 2 aliphatic rings. The van der Waals surface area contributed by atoms with E-state index < -0.39 is 0 Å². The molecule has 1 spiro atoms. The third-order valence-electron chi connectivity index (χ3n) is 3.35. The van der Waals surface area contributed by atoms with Crippen LogP contribution in [0.3, 0.4) is 0 Å². The van der Waals surface area contributed by atoms with Crippen LogP contribution in [-0.4, -0.2) is 15.2 Å². The van der Waals surface area contributed by atoms with Gasteiger partial charge >= 0.3 is 0 Å². The lowest BCUT2D eigenvalue weighted by atomic mass is 9.69. The second-order valence-electron chi connectivity index (χ2n) is 4.26. The molecular weight excluding hydrogens is 249 g/mol. The van der Waals surface area contributed by atoms with Crippen molar-refractivity contribution in [2.24, 2.45) is 5.92 Å². The maximum Gasteiger partial charge on any atom is 0.0307 e. The van der Waals surface area contributed by atoms with Crippen LogP contribution in [0, 0.1) is 5.92 Å². The van der Waals surface area contributed by atoms with Gasteiger partial charge in [-0.2, -0.15) is 0 Å². The first-order valence-electron chi connectivity index (χ1n) is 4.66. The number of rotatable bonds is 0. The highest BCUT2D eigenvalue weighted by atomic mass is 127. The van der Waals surface area contributed by atoms with Gasteiger partial charge in [0.25, 0.3) is 0 Å². The van der Waals surface area contributed by atoms with Crippen molar-refractivity contribution in [3.8, 4) is 0 Å². The van der Waals surface area contributed by atoms with Gasteiger partial charge < -0.3 is 0 Å². The summed E-state index contributed by atoms with van der Waals surface area (Å²) in [5, 5.41) is 0. The van der Waals surface area contributed by atoms with Crippen LogP contribution in [0.2, 0.25) is 0 Å². The summed E-state index contributed by atoms with van der Waals surface area (Å²) in [6, 6.07) is 0. The van der Waals surface area contributed by atoms with E-state index in [9.17, 15) is 0 Å². The lowest BCUT2D eigenvalue weighted by Crippen LogP contribution is -2.53. The highest BCUT2D eigenvalue weighted by Gasteiger charge is 2.44. The average Bonchev–Trinajstić information content (AvgIpc) is 1.91. The van der Waals surface area contributed by atoms with Crippen LogP contribution >= 0.6 is 22.9 Å². The fourth-order valence-corrected chi connectivity index (χ4v) is 3.41. The van der Waals surface area contributed by atoms with Crippen molar-refractivity contribution in [3.63, 3.8) is 0 Å². The Bertz CT molecular complexity index is 154. The zero-order valence-electron chi connectivity index (χ0n) is 7.15. The summed E-state index contributed by atoms with van der Waals surface area (Å²) in [5.41, 5.74) is 0.651. The van der Waals surface area contributed by atoms with Gasteiger partial charge in [0.15, 0.2) is 0 Å². The Hall–Kier alpha value is 0.690. The summed E-state index contributed by atoms with van der Waals surface area (Å²) in [5.74, 6) is 0.973. The van der Waals surface area contributed by atoms with Gasteiger partial charge in [-0.15, -0.1) is 0 Å². The van der Waals surface area contributed by atoms with E-state index in [1.54, 1.807) is 0 Å². The monoisotopic (exact) mass is 265 g/mol. The first-order chi connectivity index (χ1) is 5.23. The highest BCUT2D eigenvalue weighted by Crippen LogP contribution is 2.47. The van der Waals surface area contributed by atoms with E-state index in [2.05, 4.69) is 32.9 Å². The Labute approximate surface area is 83.0 Å². The van der Waals surface area contributed by atoms with Crippen molar-refractivity contribution in [1.29, 1.82) is 0 Å². The second-order valence-corrected chi connectivity index (χ2v) is 5.43. The molecule has 0 aromatic rings. The van der Waals surface area contributed by atoms with E-state index in [-0.39, 0.29) is 0 Å². The van der Waals surface area contributed by atoms with E-state index >= 15 is 0 Å². The summed E-state index contributed by atoms with van der Waals surface area (Å²) >= 11 is 2.53. The van der Waals surface area contributed by atoms with E-state index in [0.29, 0.717) is 5.54 Å². The molecule has 2 heteroatoms. The molecule has 0 amide bonds. The highest BCUT2D eigenvalue weighted by molar-refractivity contribution is 14.1. The van der Waals surface area contributed by atoms with Crippen LogP contribution in [0.25, 0.3) is 0 Å². The first-order valence-corrected chi connectivity index (χ1v) is 5.63. The predicted molar refractivity (Wildman–Crippen MR) is 55.7 cm³/mol. The van der Waals surface area contributed by atoms with Crippen molar-refractivity contribution in [2.45, 2.75) is 44.6 Å². The zero-order chi connectivity index (χ0) is 7.90. The molecule has 0 N–H and O–H groups in total. The maximum atomic E-state index is 2.58. The molecule has 1 aliphatic carbocycles. The first kappa shape index (κ1) is 8.30. The predicted octanol–water partition coefficient (Wildman–Crippen LogP) is 2.99. The van der Waals surface area contributed by atoms with Crippen LogP contribution in [0.15, 0.2) is 0 Å². The van der Waals surface area contributed by atoms with E-state index in [1.807, 2.05) is 0 Å². The molecule has 2 rings (SSSR count). The van der Waals surface area contributed by atoms with Crippen molar-refractivity contribution in [1.82, 2.24) is 3.11 Å². The molecule has 2 fully saturated rings. The van der Waals surface area contributed by atoms with E-state index in [0.717, 1.165) is 5.92 Å². The minimum atomic E-state index is 0.651. The van der Waals surface area contributed by atoms with Gasteiger partial charge in [-0.05, 0) is 38.0 Å². The Kier molecular flexibility index (Phi) is 2.17. The molecule has 1 heterocycles. The van der Waals surface area contributed by atoms with Gasteiger partial charge in [0.05, 0.1) is 0 Å². The molecule has 0 bridgehead atoms. The normalized spacial score (nSPS) is 37.1. The van der Waals surface area contributed by atoms with E-state index in [1.165, 1.54) is 38.6 Å². The van der Waals surface area contributed by atoms with Gasteiger partial charge in [0.1, 0.15) is 0 Å². The van der Waals surface area contributed by atoms with Crippen LogP contribution in [-0.2, 0) is 0 Å². The third-order valence-corrected chi connectivity index (χ3v) is 4.85. The average molecular weight is 265 g/mol.